The number of alkyl halides is 1. The van der Waals surface area contributed by atoms with Crippen molar-refractivity contribution in [1.82, 2.24) is 5.32 Å². The molecule has 0 spiro atoms. The van der Waals surface area contributed by atoms with Crippen LogP contribution in [0.1, 0.15) is 18.4 Å². The Morgan fingerprint density at radius 3 is 2.71 bits per heavy atom. The number of hydrogen-bond acceptors (Lipinski definition) is 1. The van der Waals surface area contributed by atoms with Crippen molar-refractivity contribution in [2.45, 2.75) is 25.4 Å². The lowest BCUT2D eigenvalue weighted by Gasteiger charge is -2.26. The van der Waals surface area contributed by atoms with Crippen LogP contribution in [-0.2, 0) is 6.42 Å². The Hall–Kier alpha value is -0.480. The van der Waals surface area contributed by atoms with E-state index in [9.17, 15) is 8.78 Å². The quantitative estimate of drug-likeness (QED) is 0.901. The topological polar surface area (TPSA) is 12.0 Å². The Morgan fingerprint density at radius 1 is 1.35 bits per heavy atom. The Bertz CT molecular complexity index is 378. The second-order valence-corrected chi connectivity index (χ2v) is 5.40. The van der Waals surface area contributed by atoms with Gasteiger partial charge in [0.2, 0.25) is 0 Å². The van der Waals surface area contributed by atoms with Crippen molar-refractivity contribution < 1.29 is 8.78 Å². The summed E-state index contributed by atoms with van der Waals surface area (Å²) in [6.45, 7) is 1.80. The van der Waals surface area contributed by atoms with Crippen LogP contribution >= 0.6 is 15.9 Å². The number of rotatable bonds is 3. The molecule has 1 nitrogen and oxygen atoms in total. The zero-order valence-corrected chi connectivity index (χ0v) is 11.1. The van der Waals surface area contributed by atoms with Crippen molar-refractivity contribution in [1.29, 1.82) is 0 Å². The van der Waals surface area contributed by atoms with E-state index < -0.39 is 6.17 Å². The van der Waals surface area contributed by atoms with Crippen LogP contribution in [0.25, 0.3) is 0 Å². The second kappa shape index (κ2) is 5.91. The van der Waals surface area contributed by atoms with Gasteiger partial charge in [0.25, 0.3) is 0 Å². The first-order valence-electron chi connectivity index (χ1n) is 5.95. The van der Waals surface area contributed by atoms with Crippen LogP contribution in [0.3, 0.4) is 0 Å². The molecule has 1 N–H and O–H groups in total. The van der Waals surface area contributed by atoms with Crippen LogP contribution < -0.4 is 5.32 Å². The standard InChI is InChI=1S/C13H16BrF2N/c14-12-8-11(15)2-1-10(12)7-13(16)9-3-5-17-6-4-9/h1-2,8-9,13,17H,3-7H2. The maximum atomic E-state index is 14.1. The van der Waals surface area contributed by atoms with Gasteiger partial charge < -0.3 is 5.32 Å². The van der Waals surface area contributed by atoms with Gasteiger partial charge in [-0.05, 0) is 49.5 Å². The van der Waals surface area contributed by atoms with Crippen LogP contribution in [0.2, 0.25) is 0 Å². The maximum absolute atomic E-state index is 14.1. The first kappa shape index (κ1) is 13.0. The molecule has 1 unspecified atom stereocenters. The Balaban J connectivity index is 1.99. The molecule has 4 heteroatoms. The lowest BCUT2D eigenvalue weighted by atomic mass is 9.89. The van der Waals surface area contributed by atoms with Crippen LogP contribution in [0.15, 0.2) is 22.7 Å². The van der Waals surface area contributed by atoms with Gasteiger partial charge in [0.15, 0.2) is 0 Å². The van der Waals surface area contributed by atoms with E-state index in [-0.39, 0.29) is 11.7 Å². The first-order valence-corrected chi connectivity index (χ1v) is 6.75. The smallest absolute Gasteiger partial charge is 0.124 e. The van der Waals surface area contributed by atoms with Crippen LogP contribution in [-0.4, -0.2) is 19.3 Å². The Morgan fingerprint density at radius 2 is 2.06 bits per heavy atom. The van der Waals surface area contributed by atoms with Crippen LogP contribution in [0.4, 0.5) is 8.78 Å². The van der Waals surface area contributed by atoms with Crippen molar-refractivity contribution in [2.75, 3.05) is 13.1 Å². The molecule has 1 fully saturated rings. The minimum absolute atomic E-state index is 0.133. The van der Waals surface area contributed by atoms with E-state index in [1.54, 1.807) is 6.07 Å². The van der Waals surface area contributed by atoms with E-state index in [1.807, 2.05) is 0 Å². The molecule has 0 saturated carbocycles. The van der Waals surface area contributed by atoms with E-state index in [0.29, 0.717) is 10.9 Å². The fourth-order valence-electron chi connectivity index (χ4n) is 2.27. The molecular weight excluding hydrogens is 288 g/mol. The summed E-state index contributed by atoms with van der Waals surface area (Å²) in [5.41, 5.74) is 0.845. The van der Waals surface area contributed by atoms with Gasteiger partial charge >= 0.3 is 0 Å². The van der Waals surface area contributed by atoms with Crippen molar-refractivity contribution >= 4 is 15.9 Å². The van der Waals surface area contributed by atoms with Gasteiger partial charge in [-0.1, -0.05) is 22.0 Å². The molecular formula is C13H16BrF2N. The van der Waals surface area contributed by atoms with Gasteiger partial charge in [-0.3, -0.25) is 0 Å². The highest BCUT2D eigenvalue weighted by atomic mass is 79.9. The van der Waals surface area contributed by atoms with Crippen LogP contribution in [0.5, 0.6) is 0 Å². The summed E-state index contributed by atoms with van der Waals surface area (Å²) in [4.78, 5) is 0. The fraction of sp³-hybridized carbons (Fsp3) is 0.538. The Kier molecular flexibility index (Phi) is 4.51. The summed E-state index contributed by atoms with van der Waals surface area (Å²) >= 11 is 3.28. The molecule has 17 heavy (non-hydrogen) atoms. The first-order chi connectivity index (χ1) is 8.16. The number of hydrogen-bond donors (Lipinski definition) is 1. The zero-order chi connectivity index (χ0) is 12.3. The molecule has 1 aromatic rings. The van der Waals surface area contributed by atoms with Crippen LogP contribution in [0, 0.1) is 11.7 Å². The van der Waals surface area contributed by atoms with Gasteiger partial charge in [0.1, 0.15) is 12.0 Å². The van der Waals surface area contributed by atoms with E-state index in [0.717, 1.165) is 31.5 Å². The largest absolute Gasteiger partial charge is 0.317 e. The van der Waals surface area contributed by atoms with E-state index >= 15 is 0 Å². The average Bonchev–Trinajstić information content (AvgIpc) is 2.34. The predicted octanol–water partition coefficient (Wildman–Crippen LogP) is 3.47. The summed E-state index contributed by atoms with van der Waals surface area (Å²) in [7, 11) is 0. The molecule has 1 atom stereocenters. The molecule has 0 aliphatic carbocycles. The normalized spacial score (nSPS) is 19.2. The van der Waals surface area contributed by atoms with Crippen molar-refractivity contribution in [3.05, 3.63) is 34.1 Å². The lowest BCUT2D eigenvalue weighted by Crippen LogP contribution is -2.33. The van der Waals surface area contributed by atoms with Gasteiger partial charge in [0.05, 0.1) is 0 Å². The maximum Gasteiger partial charge on any atom is 0.124 e. The highest BCUT2D eigenvalue weighted by Crippen LogP contribution is 2.26. The second-order valence-electron chi connectivity index (χ2n) is 4.54. The molecule has 1 heterocycles. The summed E-state index contributed by atoms with van der Waals surface area (Å²) < 4.78 is 27.7. The highest BCUT2D eigenvalue weighted by Gasteiger charge is 2.23. The molecule has 0 bridgehead atoms. The number of benzene rings is 1. The molecule has 1 aliphatic heterocycles. The number of piperidine rings is 1. The summed E-state index contributed by atoms with van der Waals surface area (Å²) in [6.07, 6.45) is 1.31. The Labute approximate surface area is 109 Å². The van der Waals surface area contributed by atoms with Gasteiger partial charge in [-0.25, -0.2) is 8.78 Å². The molecule has 1 saturated heterocycles. The van der Waals surface area contributed by atoms with E-state index in [2.05, 4.69) is 21.2 Å². The van der Waals surface area contributed by atoms with Gasteiger partial charge in [-0.2, -0.15) is 0 Å². The lowest BCUT2D eigenvalue weighted by molar-refractivity contribution is 0.187. The molecule has 1 aliphatic rings. The SMILES string of the molecule is Fc1ccc(CC(F)C2CCNCC2)c(Br)c1. The molecule has 94 valence electrons. The van der Waals surface area contributed by atoms with Crippen molar-refractivity contribution in [3.8, 4) is 0 Å². The fourth-order valence-corrected chi connectivity index (χ4v) is 2.78. The number of halogens is 3. The minimum Gasteiger partial charge on any atom is -0.317 e. The van der Waals surface area contributed by atoms with Gasteiger partial charge in [-0.15, -0.1) is 0 Å². The third-order valence-electron chi connectivity index (χ3n) is 3.33. The number of nitrogens with one attached hydrogen (secondary N) is 1. The summed E-state index contributed by atoms with van der Waals surface area (Å²) in [6, 6.07) is 4.44. The van der Waals surface area contributed by atoms with Crippen molar-refractivity contribution in [2.24, 2.45) is 5.92 Å². The van der Waals surface area contributed by atoms with E-state index in [4.69, 9.17) is 0 Å². The predicted molar refractivity (Wildman–Crippen MR) is 68.3 cm³/mol. The zero-order valence-electron chi connectivity index (χ0n) is 9.56. The third-order valence-corrected chi connectivity index (χ3v) is 4.06. The molecule has 1 aromatic carbocycles. The highest BCUT2D eigenvalue weighted by molar-refractivity contribution is 9.10. The molecule has 0 radical (unpaired) electrons. The monoisotopic (exact) mass is 303 g/mol. The third kappa shape index (κ3) is 3.49. The average molecular weight is 304 g/mol. The molecule has 2 rings (SSSR count). The minimum atomic E-state index is -0.834. The van der Waals surface area contributed by atoms with Crippen molar-refractivity contribution in [3.63, 3.8) is 0 Å². The molecule has 0 aromatic heterocycles. The summed E-state index contributed by atoms with van der Waals surface area (Å²) in [5.74, 6) is -0.161. The van der Waals surface area contributed by atoms with E-state index in [1.165, 1.54) is 12.1 Å². The van der Waals surface area contributed by atoms with Gasteiger partial charge in [0, 0.05) is 10.9 Å². The molecule has 0 amide bonds. The summed E-state index contributed by atoms with van der Waals surface area (Å²) in [5, 5.41) is 3.23.